The second-order valence-corrected chi connectivity index (χ2v) is 0.877. The Bertz CT molecular complexity index is 126. The molecule has 0 atom stereocenters. The molecule has 0 unspecified atom stereocenters. The number of carboxylic acids is 1. The van der Waals surface area contributed by atoms with E-state index in [9.17, 15) is 9.59 Å². The maximum absolute atomic E-state index is 9.85. The zero-order chi connectivity index (χ0) is 6.57. The Morgan fingerprint density at radius 3 is 2.25 bits per heavy atom. The molecule has 0 fully saturated rings. The van der Waals surface area contributed by atoms with E-state index < -0.39 is 11.9 Å². The molecule has 0 aliphatic heterocycles. The highest BCUT2D eigenvalue weighted by molar-refractivity contribution is 6.28. The van der Waals surface area contributed by atoms with Crippen LogP contribution in [-0.4, -0.2) is 17.0 Å². The lowest BCUT2D eigenvalue weighted by Gasteiger charge is -1.87. The van der Waals surface area contributed by atoms with E-state index in [1.807, 2.05) is 0 Å². The van der Waals surface area contributed by atoms with Crippen molar-refractivity contribution < 1.29 is 19.4 Å². The van der Waals surface area contributed by atoms with Gasteiger partial charge in [-0.2, -0.15) is 0 Å². The fourth-order valence-electron chi connectivity index (χ4n) is 0.126. The fourth-order valence-corrected chi connectivity index (χ4v) is 0.126. The third-order valence-electron chi connectivity index (χ3n) is 0.365. The summed E-state index contributed by atoms with van der Waals surface area (Å²) in [6.07, 6.45) is 0.760. The average molecular weight is 116 g/mol. The summed E-state index contributed by atoms with van der Waals surface area (Å²) in [5, 5.41) is 7.79. The molecule has 1 N–H and O–H groups in total. The monoisotopic (exact) mass is 116 g/mol. The molecule has 0 saturated heterocycles. The topological polar surface area (TPSA) is 63.6 Å². The van der Waals surface area contributed by atoms with Gasteiger partial charge in [0.2, 0.25) is 0 Å². The normalized spacial score (nSPS) is 7.50. The van der Waals surface area contributed by atoms with Crippen molar-refractivity contribution >= 4 is 11.9 Å². The molecule has 0 rings (SSSR count). The molecule has 0 radical (unpaired) electrons. The van der Waals surface area contributed by atoms with Gasteiger partial charge < -0.3 is 9.84 Å². The molecular weight excluding hydrogens is 112 g/mol. The molecule has 4 heteroatoms. The molecule has 0 heterocycles. The van der Waals surface area contributed by atoms with Gasteiger partial charge in [-0.05, 0) is 0 Å². The van der Waals surface area contributed by atoms with Gasteiger partial charge in [0, 0.05) is 0 Å². The van der Waals surface area contributed by atoms with Gasteiger partial charge in [0.1, 0.15) is 0 Å². The summed E-state index contributed by atoms with van der Waals surface area (Å²) < 4.78 is 3.83. The van der Waals surface area contributed by atoms with Crippen molar-refractivity contribution in [3.8, 4) is 0 Å². The molecular formula is C4H4O4. The van der Waals surface area contributed by atoms with E-state index in [4.69, 9.17) is 5.11 Å². The Morgan fingerprint density at radius 2 is 2.12 bits per heavy atom. The van der Waals surface area contributed by atoms with Crippen LogP contribution in [-0.2, 0) is 14.3 Å². The Labute approximate surface area is 45.4 Å². The summed E-state index contributed by atoms with van der Waals surface area (Å²) in [7, 11) is 0. The first-order chi connectivity index (χ1) is 3.68. The van der Waals surface area contributed by atoms with Crippen molar-refractivity contribution in [3.63, 3.8) is 0 Å². The van der Waals surface area contributed by atoms with E-state index in [1.54, 1.807) is 0 Å². The number of hydrogen-bond donors (Lipinski definition) is 1. The lowest BCUT2D eigenvalue weighted by molar-refractivity contribution is -0.160. The molecule has 0 spiro atoms. The number of aliphatic carboxylic acids is 1. The minimum Gasteiger partial charge on any atom is -0.473 e. The Morgan fingerprint density at radius 1 is 1.62 bits per heavy atom. The first kappa shape index (κ1) is 6.68. The lowest BCUT2D eigenvalue weighted by atomic mass is 10.7. The van der Waals surface area contributed by atoms with Crippen molar-refractivity contribution in [2.75, 3.05) is 0 Å². The van der Waals surface area contributed by atoms with Crippen molar-refractivity contribution in [1.29, 1.82) is 0 Å². The highest BCUT2D eigenvalue weighted by Gasteiger charge is 2.09. The molecule has 0 aromatic heterocycles. The second kappa shape index (κ2) is 2.79. The van der Waals surface area contributed by atoms with E-state index in [0.29, 0.717) is 0 Å². The third kappa shape index (κ3) is 1.96. The van der Waals surface area contributed by atoms with Crippen LogP contribution >= 0.6 is 0 Å². The van der Waals surface area contributed by atoms with E-state index in [1.165, 1.54) is 0 Å². The molecule has 8 heavy (non-hydrogen) atoms. The molecule has 4 nitrogen and oxygen atoms in total. The van der Waals surface area contributed by atoms with Gasteiger partial charge in [-0.1, -0.05) is 6.58 Å². The summed E-state index contributed by atoms with van der Waals surface area (Å²) >= 11 is 0. The largest absolute Gasteiger partial charge is 0.473 e. The first-order valence-electron chi connectivity index (χ1n) is 1.73. The number of ether oxygens (including phenoxy) is 1. The van der Waals surface area contributed by atoms with Crippen LogP contribution in [0.25, 0.3) is 0 Å². The minimum absolute atomic E-state index is 0.760. The van der Waals surface area contributed by atoms with E-state index in [-0.39, 0.29) is 0 Å². The van der Waals surface area contributed by atoms with Gasteiger partial charge in [0.05, 0.1) is 6.26 Å². The van der Waals surface area contributed by atoms with Crippen LogP contribution in [0.2, 0.25) is 0 Å². The average Bonchev–Trinajstić information content (AvgIpc) is 1.67. The van der Waals surface area contributed by atoms with Gasteiger partial charge >= 0.3 is 11.9 Å². The summed E-state index contributed by atoms with van der Waals surface area (Å²) in [6, 6.07) is 0. The van der Waals surface area contributed by atoms with Crippen molar-refractivity contribution in [3.05, 3.63) is 12.8 Å². The Balaban J connectivity index is 3.65. The van der Waals surface area contributed by atoms with Crippen LogP contribution in [0.4, 0.5) is 0 Å². The van der Waals surface area contributed by atoms with Crippen LogP contribution in [0.15, 0.2) is 12.8 Å². The van der Waals surface area contributed by atoms with Gasteiger partial charge in [0.25, 0.3) is 0 Å². The van der Waals surface area contributed by atoms with Crippen LogP contribution in [0, 0.1) is 0 Å². The predicted octanol–water partition coefficient (Wildman–Crippen LogP) is -0.242. The Hall–Kier alpha value is -1.32. The maximum atomic E-state index is 9.85. The number of carboxylic acid groups (broad SMARTS) is 1. The number of carbonyl (C=O) groups excluding carboxylic acids is 1. The van der Waals surface area contributed by atoms with E-state index >= 15 is 0 Å². The molecule has 44 valence electrons. The van der Waals surface area contributed by atoms with E-state index in [2.05, 4.69) is 11.3 Å². The first-order valence-corrected chi connectivity index (χ1v) is 1.73. The van der Waals surface area contributed by atoms with Crippen LogP contribution in [0.3, 0.4) is 0 Å². The fraction of sp³-hybridized carbons (Fsp3) is 0. The number of rotatable bonds is 1. The molecule has 0 aromatic rings. The number of hydrogen-bond acceptors (Lipinski definition) is 3. The van der Waals surface area contributed by atoms with Crippen LogP contribution in [0.1, 0.15) is 0 Å². The highest BCUT2D eigenvalue weighted by Crippen LogP contribution is 1.75. The summed E-state index contributed by atoms with van der Waals surface area (Å²) in [5.74, 6) is -2.94. The maximum Gasteiger partial charge on any atom is 0.422 e. The highest BCUT2D eigenvalue weighted by atomic mass is 16.6. The molecule has 0 amide bonds. The van der Waals surface area contributed by atoms with Crippen LogP contribution < -0.4 is 0 Å². The van der Waals surface area contributed by atoms with Gasteiger partial charge in [-0.15, -0.1) is 0 Å². The molecule has 0 aliphatic rings. The molecule has 0 aliphatic carbocycles. The standard InChI is InChI=1S/C4H4O4/c1-2-8-4(7)3(5)6/h2H,1H2,(H,5,6). The second-order valence-electron chi connectivity index (χ2n) is 0.877. The zero-order valence-corrected chi connectivity index (χ0v) is 3.96. The minimum atomic E-state index is -1.62. The lowest BCUT2D eigenvalue weighted by Crippen LogP contribution is -2.12. The summed E-state index contributed by atoms with van der Waals surface area (Å²) in [5.41, 5.74) is 0. The zero-order valence-electron chi connectivity index (χ0n) is 3.96. The molecule has 0 bridgehead atoms. The molecule has 0 aromatic carbocycles. The van der Waals surface area contributed by atoms with Gasteiger partial charge in [-0.25, -0.2) is 9.59 Å². The smallest absolute Gasteiger partial charge is 0.422 e. The van der Waals surface area contributed by atoms with Crippen molar-refractivity contribution in [2.24, 2.45) is 0 Å². The van der Waals surface area contributed by atoms with Crippen molar-refractivity contribution in [2.45, 2.75) is 0 Å². The quantitative estimate of drug-likeness (QED) is 0.291. The third-order valence-corrected chi connectivity index (χ3v) is 0.365. The number of carbonyl (C=O) groups is 2. The van der Waals surface area contributed by atoms with E-state index in [0.717, 1.165) is 6.26 Å². The van der Waals surface area contributed by atoms with Crippen molar-refractivity contribution in [1.82, 2.24) is 0 Å². The van der Waals surface area contributed by atoms with Gasteiger partial charge in [-0.3, -0.25) is 0 Å². The number of esters is 1. The SMILES string of the molecule is C=COC(=O)C(=O)O. The van der Waals surface area contributed by atoms with Gasteiger partial charge in [0.15, 0.2) is 0 Å². The molecule has 0 saturated carbocycles. The van der Waals surface area contributed by atoms with Crippen LogP contribution in [0.5, 0.6) is 0 Å². The predicted molar refractivity (Wildman–Crippen MR) is 23.9 cm³/mol. The summed E-state index contributed by atoms with van der Waals surface area (Å²) in [4.78, 5) is 19.4. The Kier molecular flexibility index (Phi) is 2.33. The summed E-state index contributed by atoms with van der Waals surface area (Å²) in [6.45, 7) is 2.98.